The van der Waals surface area contributed by atoms with Crippen LogP contribution in [0, 0.1) is 25.5 Å². The molecule has 126 valence electrons. The summed E-state index contributed by atoms with van der Waals surface area (Å²) in [6, 6.07) is 6.25. The Labute approximate surface area is 148 Å². The second-order valence-electron chi connectivity index (χ2n) is 6.55. The molecule has 1 aromatic heterocycles. The fourth-order valence-electron chi connectivity index (χ4n) is 3.43. The first-order valence-electron chi connectivity index (χ1n) is 8.37. The molecule has 1 aromatic carbocycles. The predicted octanol–water partition coefficient (Wildman–Crippen LogP) is 4.33. The highest BCUT2D eigenvalue weighted by atomic mass is 32.1. The summed E-state index contributed by atoms with van der Waals surface area (Å²) in [5.41, 5.74) is 4.83. The number of nitrogens with zero attached hydrogens (tertiary/aromatic N) is 3. The lowest BCUT2D eigenvalue weighted by Crippen LogP contribution is -2.24. The minimum absolute atomic E-state index is 0.0379. The van der Waals surface area contributed by atoms with Crippen LogP contribution in [0.15, 0.2) is 18.2 Å². The third-order valence-corrected chi connectivity index (χ3v) is 4.95. The van der Waals surface area contributed by atoms with Crippen molar-refractivity contribution in [1.82, 2.24) is 9.55 Å². The zero-order chi connectivity index (χ0) is 17.4. The number of aromatic nitrogens is 2. The second kappa shape index (κ2) is 6.48. The van der Waals surface area contributed by atoms with Gasteiger partial charge in [-0.15, -0.1) is 0 Å². The minimum Gasteiger partial charge on any atom is -0.356 e. The Morgan fingerprint density at radius 2 is 1.83 bits per heavy atom. The fraction of sp³-hybridized carbons (Fsp3) is 0.421. The number of benzene rings is 1. The molecule has 0 aliphatic carbocycles. The van der Waals surface area contributed by atoms with Gasteiger partial charge in [0.1, 0.15) is 5.82 Å². The molecule has 4 nitrogen and oxygen atoms in total. The highest BCUT2D eigenvalue weighted by Gasteiger charge is 2.24. The van der Waals surface area contributed by atoms with Crippen molar-refractivity contribution < 1.29 is 4.79 Å². The van der Waals surface area contributed by atoms with E-state index >= 15 is 0 Å². The van der Waals surface area contributed by atoms with Crippen LogP contribution in [0.2, 0.25) is 0 Å². The van der Waals surface area contributed by atoms with Crippen LogP contribution in [0.5, 0.6) is 0 Å². The van der Waals surface area contributed by atoms with E-state index in [4.69, 9.17) is 12.2 Å². The van der Waals surface area contributed by atoms with Gasteiger partial charge in [0.25, 0.3) is 0 Å². The summed E-state index contributed by atoms with van der Waals surface area (Å²) in [4.78, 5) is 19.2. The molecule has 1 aliphatic rings. The fourth-order valence-corrected chi connectivity index (χ4v) is 3.75. The van der Waals surface area contributed by atoms with Gasteiger partial charge in [-0.2, -0.15) is 0 Å². The molecular formula is C19H23N3OS. The highest BCUT2D eigenvalue weighted by Crippen LogP contribution is 2.28. The zero-order valence-corrected chi connectivity index (χ0v) is 15.5. The Kier molecular flexibility index (Phi) is 4.54. The molecule has 1 aliphatic heterocycles. The maximum atomic E-state index is 12.4. The predicted molar refractivity (Wildman–Crippen MR) is 100 cm³/mol. The van der Waals surface area contributed by atoms with E-state index in [1.165, 1.54) is 0 Å². The zero-order valence-electron chi connectivity index (χ0n) is 14.7. The SMILES string of the molecule is CC(=O)c1c(N2CCCC2)nc(=S)n(-c2cc(C)ccc2C)c1C. The Bertz CT molecular complexity index is 864. The molecule has 2 heterocycles. The van der Waals surface area contributed by atoms with Crippen molar-refractivity contribution in [3.05, 3.63) is 45.4 Å². The molecule has 0 amide bonds. The molecule has 0 saturated carbocycles. The Balaban J connectivity index is 2.29. The molecule has 1 fully saturated rings. The first-order chi connectivity index (χ1) is 11.4. The van der Waals surface area contributed by atoms with Gasteiger partial charge in [0.05, 0.1) is 11.3 Å². The van der Waals surface area contributed by atoms with Crippen molar-refractivity contribution in [3.63, 3.8) is 0 Å². The molecule has 3 rings (SSSR count). The quantitative estimate of drug-likeness (QED) is 0.615. The van der Waals surface area contributed by atoms with Gasteiger partial charge in [0, 0.05) is 18.8 Å². The molecule has 5 heteroatoms. The molecule has 0 radical (unpaired) electrons. The molecule has 2 aromatic rings. The van der Waals surface area contributed by atoms with Gasteiger partial charge in [-0.3, -0.25) is 9.36 Å². The topological polar surface area (TPSA) is 38.1 Å². The van der Waals surface area contributed by atoms with Crippen LogP contribution in [0.4, 0.5) is 5.82 Å². The summed E-state index contributed by atoms with van der Waals surface area (Å²) < 4.78 is 2.45. The number of Topliss-reactive ketones (excluding diaryl/α,β-unsaturated/α-hetero) is 1. The Morgan fingerprint density at radius 3 is 2.46 bits per heavy atom. The smallest absolute Gasteiger partial charge is 0.206 e. The van der Waals surface area contributed by atoms with Gasteiger partial charge in [0.2, 0.25) is 4.77 Å². The molecule has 0 N–H and O–H groups in total. The van der Waals surface area contributed by atoms with E-state index in [-0.39, 0.29) is 5.78 Å². The van der Waals surface area contributed by atoms with Gasteiger partial charge in [-0.05, 0) is 69.9 Å². The van der Waals surface area contributed by atoms with Crippen LogP contribution in [-0.2, 0) is 0 Å². The van der Waals surface area contributed by atoms with Gasteiger partial charge in [-0.1, -0.05) is 12.1 Å². The van der Waals surface area contributed by atoms with Gasteiger partial charge < -0.3 is 4.90 Å². The van der Waals surface area contributed by atoms with Crippen molar-refractivity contribution in [2.24, 2.45) is 0 Å². The average molecular weight is 341 g/mol. The lowest BCUT2D eigenvalue weighted by molar-refractivity contribution is 0.101. The van der Waals surface area contributed by atoms with E-state index in [1.807, 2.05) is 11.5 Å². The first kappa shape index (κ1) is 16.8. The summed E-state index contributed by atoms with van der Waals surface area (Å²) in [7, 11) is 0. The Hall–Kier alpha value is -2.01. The standard InChI is InChI=1S/C19H23N3OS/c1-12-7-8-13(2)16(11-12)22-14(3)17(15(4)23)18(20-19(22)24)21-9-5-6-10-21/h7-8,11H,5-6,9-10H2,1-4H3. The van der Waals surface area contributed by atoms with E-state index in [2.05, 4.69) is 41.9 Å². The average Bonchev–Trinajstić information content (AvgIpc) is 3.03. The van der Waals surface area contributed by atoms with E-state index in [1.54, 1.807) is 6.92 Å². The normalized spacial score (nSPS) is 14.2. The van der Waals surface area contributed by atoms with E-state index in [0.717, 1.165) is 54.3 Å². The van der Waals surface area contributed by atoms with Crippen LogP contribution >= 0.6 is 12.2 Å². The summed E-state index contributed by atoms with van der Waals surface area (Å²) in [6.07, 6.45) is 2.27. The largest absolute Gasteiger partial charge is 0.356 e. The maximum absolute atomic E-state index is 12.4. The number of carbonyl (C=O) groups is 1. The van der Waals surface area contributed by atoms with Crippen LogP contribution in [-0.4, -0.2) is 28.4 Å². The monoisotopic (exact) mass is 341 g/mol. The first-order valence-corrected chi connectivity index (χ1v) is 8.78. The molecule has 24 heavy (non-hydrogen) atoms. The number of hydrogen-bond acceptors (Lipinski definition) is 4. The molecular weight excluding hydrogens is 318 g/mol. The summed E-state index contributed by atoms with van der Waals surface area (Å²) in [6.45, 7) is 9.57. The summed E-state index contributed by atoms with van der Waals surface area (Å²) >= 11 is 5.61. The number of rotatable bonds is 3. The summed E-state index contributed by atoms with van der Waals surface area (Å²) in [5, 5.41) is 0. The maximum Gasteiger partial charge on any atom is 0.206 e. The van der Waals surface area contributed by atoms with Crippen LogP contribution in [0.25, 0.3) is 5.69 Å². The van der Waals surface area contributed by atoms with E-state index < -0.39 is 0 Å². The Morgan fingerprint density at radius 1 is 1.17 bits per heavy atom. The number of anilines is 1. The number of aryl methyl sites for hydroxylation is 2. The van der Waals surface area contributed by atoms with Gasteiger partial charge in [-0.25, -0.2) is 4.98 Å². The lowest BCUT2D eigenvalue weighted by Gasteiger charge is -2.23. The number of ketones is 1. The molecule has 0 spiro atoms. The van der Waals surface area contributed by atoms with Gasteiger partial charge >= 0.3 is 0 Å². The van der Waals surface area contributed by atoms with Crippen LogP contribution in [0.3, 0.4) is 0 Å². The third kappa shape index (κ3) is 2.88. The summed E-state index contributed by atoms with van der Waals surface area (Å²) in [5.74, 6) is 0.792. The van der Waals surface area contributed by atoms with Crippen molar-refractivity contribution in [3.8, 4) is 5.69 Å². The molecule has 1 saturated heterocycles. The minimum atomic E-state index is 0.0379. The van der Waals surface area contributed by atoms with Crippen LogP contribution in [0.1, 0.15) is 46.9 Å². The lowest BCUT2D eigenvalue weighted by atomic mass is 10.1. The number of hydrogen-bond donors (Lipinski definition) is 0. The molecule has 0 atom stereocenters. The van der Waals surface area contributed by atoms with Gasteiger partial charge in [0.15, 0.2) is 5.78 Å². The van der Waals surface area contributed by atoms with Crippen molar-refractivity contribution in [1.29, 1.82) is 0 Å². The molecule has 0 unspecified atom stereocenters. The van der Waals surface area contributed by atoms with Crippen molar-refractivity contribution in [2.45, 2.75) is 40.5 Å². The number of carbonyl (C=O) groups excluding carboxylic acids is 1. The van der Waals surface area contributed by atoms with Crippen molar-refractivity contribution in [2.75, 3.05) is 18.0 Å². The van der Waals surface area contributed by atoms with Crippen molar-refractivity contribution >= 4 is 23.8 Å². The van der Waals surface area contributed by atoms with E-state index in [0.29, 0.717) is 10.3 Å². The highest BCUT2D eigenvalue weighted by molar-refractivity contribution is 7.71. The van der Waals surface area contributed by atoms with Crippen LogP contribution < -0.4 is 4.90 Å². The second-order valence-corrected chi connectivity index (χ2v) is 6.92. The third-order valence-electron chi connectivity index (χ3n) is 4.68. The van der Waals surface area contributed by atoms with E-state index in [9.17, 15) is 4.79 Å². The molecule has 0 bridgehead atoms.